The van der Waals surface area contributed by atoms with Crippen LogP contribution in [0.3, 0.4) is 0 Å². The Kier molecular flexibility index (Phi) is 4.33. The van der Waals surface area contributed by atoms with Crippen molar-refractivity contribution in [1.82, 2.24) is 9.97 Å². The fourth-order valence-corrected chi connectivity index (χ4v) is 2.68. The first-order chi connectivity index (χ1) is 11.2. The molecular weight excluding hydrogens is 280 g/mol. The molecule has 0 saturated carbocycles. The largest absolute Gasteiger partial charge is 0.244 e. The van der Waals surface area contributed by atoms with Gasteiger partial charge in [-0.3, -0.25) is 0 Å². The smallest absolute Gasteiger partial charge is 0.0972 e. The molecule has 0 saturated heterocycles. The van der Waals surface area contributed by atoms with Gasteiger partial charge in [0.1, 0.15) is 0 Å². The number of hydrogen-bond donors (Lipinski definition) is 0. The van der Waals surface area contributed by atoms with Crippen molar-refractivity contribution in [2.75, 3.05) is 0 Å². The molecule has 114 valence electrons. The topological polar surface area (TPSA) is 25.8 Å². The molecule has 2 aromatic rings. The first-order valence-electron chi connectivity index (χ1n) is 7.84. The molecule has 0 spiro atoms. The lowest BCUT2D eigenvalue weighted by Gasteiger charge is -2.15. The Labute approximate surface area is 137 Å². The van der Waals surface area contributed by atoms with E-state index < -0.39 is 0 Å². The van der Waals surface area contributed by atoms with Crippen molar-refractivity contribution in [3.63, 3.8) is 0 Å². The molecule has 3 rings (SSSR count). The number of nitrogens with zero attached hydrogens (tertiary/aromatic N) is 2. The van der Waals surface area contributed by atoms with Crippen LogP contribution in [0.25, 0.3) is 22.2 Å². The molecule has 1 heterocycles. The van der Waals surface area contributed by atoms with Crippen LogP contribution in [0.15, 0.2) is 73.9 Å². The maximum atomic E-state index is 4.87. The lowest BCUT2D eigenvalue weighted by molar-refractivity contribution is 0.738. The van der Waals surface area contributed by atoms with Gasteiger partial charge in [0.25, 0.3) is 0 Å². The molecule has 1 atom stereocenters. The van der Waals surface area contributed by atoms with Crippen molar-refractivity contribution >= 4 is 22.2 Å². The Hall–Kier alpha value is -2.74. The van der Waals surface area contributed by atoms with E-state index in [1.165, 1.54) is 0 Å². The van der Waals surface area contributed by atoms with Gasteiger partial charge in [-0.2, -0.15) is 0 Å². The summed E-state index contributed by atoms with van der Waals surface area (Å²) in [7, 11) is 0. The number of allylic oxidation sites excluding steroid dienone is 8. The van der Waals surface area contributed by atoms with Gasteiger partial charge in [-0.15, -0.1) is 0 Å². The van der Waals surface area contributed by atoms with Gasteiger partial charge in [0.05, 0.1) is 22.4 Å². The summed E-state index contributed by atoms with van der Waals surface area (Å²) in [6.45, 7) is 9.91. The Balaban J connectivity index is 2.25. The maximum Gasteiger partial charge on any atom is 0.0972 e. The summed E-state index contributed by atoms with van der Waals surface area (Å²) in [5.41, 5.74) is 5.59. The summed E-state index contributed by atoms with van der Waals surface area (Å²) in [4.78, 5) is 9.70. The van der Waals surface area contributed by atoms with E-state index in [0.29, 0.717) is 5.92 Å². The van der Waals surface area contributed by atoms with Crippen molar-refractivity contribution < 1.29 is 0 Å². The van der Waals surface area contributed by atoms with Crippen LogP contribution in [-0.2, 0) is 0 Å². The molecule has 23 heavy (non-hydrogen) atoms. The van der Waals surface area contributed by atoms with Gasteiger partial charge in [-0.05, 0) is 30.0 Å². The van der Waals surface area contributed by atoms with E-state index in [2.05, 4.69) is 38.3 Å². The molecule has 2 heteroatoms. The minimum atomic E-state index is 0.568. The zero-order valence-corrected chi connectivity index (χ0v) is 13.4. The highest BCUT2D eigenvalue weighted by Crippen LogP contribution is 2.29. The predicted octanol–water partition coefficient (Wildman–Crippen LogP) is 5.36. The molecule has 0 radical (unpaired) electrons. The number of hydrogen-bond acceptors (Lipinski definition) is 2. The van der Waals surface area contributed by atoms with E-state index >= 15 is 0 Å². The number of fused-ring (bicyclic) bond motifs is 1. The minimum Gasteiger partial charge on any atom is -0.244 e. The second kappa shape index (κ2) is 6.57. The van der Waals surface area contributed by atoms with Crippen molar-refractivity contribution in [3.05, 3.63) is 85.3 Å². The second-order valence-corrected chi connectivity index (χ2v) is 5.70. The average molecular weight is 300 g/mol. The Morgan fingerprint density at radius 1 is 1.17 bits per heavy atom. The van der Waals surface area contributed by atoms with Crippen LogP contribution < -0.4 is 0 Å². The van der Waals surface area contributed by atoms with Crippen LogP contribution in [0.4, 0.5) is 0 Å². The molecule has 1 aliphatic rings. The molecule has 1 aromatic heterocycles. The first kappa shape index (κ1) is 15.2. The number of aromatic nitrogens is 2. The average Bonchev–Trinajstić information content (AvgIpc) is 2.59. The first-order valence-corrected chi connectivity index (χ1v) is 7.84. The van der Waals surface area contributed by atoms with Gasteiger partial charge < -0.3 is 0 Å². The van der Waals surface area contributed by atoms with Crippen LogP contribution in [0.5, 0.6) is 0 Å². The minimum absolute atomic E-state index is 0.568. The third-order valence-electron chi connectivity index (χ3n) is 3.95. The third kappa shape index (κ3) is 3.07. The molecule has 0 N–H and O–H groups in total. The quantitative estimate of drug-likeness (QED) is 0.710. The molecule has 1 unspecified atom stereocenters. The van der Waals surface area contributed by atoms with Crippen molar-refractivity contribution in [3.8, 4) is 0 Å². The van der Waals surface area contributed by atoms with Crippen LogP contribution in [0.2, 0.25) is 0 Å². The van der Waals surface area contributed by atoms with Gasteiger partial charge in [0, 0.05) is 5.57 Å². The number of benzene rings is 1. The molecule has 2 nitrogen and oxygen atoms in total. The van der Waals surface area contributed by atoms with Crippen molar-refractivity contribution in [1.29, 1.82) is 0 Å². The van der Waals surface area contributed by atoms with E-state index in [0.717, 1.165) is 40.0 Å². The number of rotatable bonds is 4. The molecular formula is C21H20N2. The Morgan fingerprint density at radius 2 is 1.91 bits per heavy atom. The molecule has 0 fully saturated rings. The highest BCUT2D eigenvalue weighted by atomic mass is 14.8. The van der Waals surface area contributed by atoms with Crippen LogP contribution in [-0.4, -0.2) is 9.97 Å². The fraction of sp³-hybridized carbons (Fsp3) is 0.143. The van der Waals surface area contributed by atoms with Crippen molar-refractivity contribution in [2.24, 2.45) is 5.92 Å². The summed E-state index contributed by atoms with van der Waals surface area (Å²) >= 11 is 0. The molecule has 0 amide bonds. The van der Waals surface area contributed by atoms with E-state index in [1.807, 2.05) is 30.3 Å². The summed E-state index contributed by atoms with van der Waals surface area (Å²) in [6, 6.07) is 7.95. The van der Waals surface area contributed by atoms with Gasteiger partial charge in [-0.1, -0.05) is 68.7 Å². The zero-order valence-electron chi connectivity index (χ0n) is 13.4. The maximum absolute atomic E-state index is 4.87. The third-order valence-corrected chi connectivity index (χ3v) is 3.95. The second-order valence-electron chi connectivity index (χ2n) is 5.70. The van der Waals surface area contributed by atoms with E-state index in [-0.39, 0.29) is 0 Å². The van der Waals surface area contributed by atoms with Gasteiger partial charge in [0.15, 0.2) is 0 Å². The zero-order chi connectivity index (χ0) is 16.2. The van der Waals surface area contributed by atoms with E-state index in [1.54, 1.807) is 12.2 Å². The summed E-state index contributed by atoms with van der Waals surface area (Å²) in [5.74, 6) is 0.568. The fourth-order valence-electron chi connectivity index (χ4n) is 2.68. The monoisotopic (exact) mass is 300 g/mol. The lowest BCUT2D eigenvalue weighted by atomic mass is 9.94. The molecule has 0 bridgehead atoms. The summed E-state index contributed by atoms with van der Waals surface area (Å²) < 4.78 is 0. The van der Waals surface area contributed by atoms with Gasteiger partial charge >= 0.3 is 0 Å². The molecule has 0 aliphatic heterocycles. The van der Waals surface area contributed by atoms with Crippen LogP contribution >= 0.6 is 0 Å². The summed E-state index contributed by atoms with van der Waals surface area (Å²) in [5, 5.41) is 0. The van der Waals surface area contributed by atoms with Crippen LogP contribution in [0, 0.1) is 5.92 Å². The highest BCUT2D eigenvalue weighted by molar-refractivity contribution is 5.88. The van der Waals surface area contributed by atoms with E-state index in [9.17, 15) is 0 Å². The van der Waals surface area contributed by atoms with Gasteiger partial charge in [0.2, 0.25) is 0 Å². The summed E-state index contributed by atoms with van der Waals surface area (Å²) in [6.07, 6.45) is 13.1. The van der Waals surface area contributed by atoms with E-state index in [4.69, 9.17) is 9.97 Å². The van der Waals surface area contributed by atoms with Crippen LogP contribution in [0.1, 0.15) is 24.7 Å². The number of para-hydroxylation sites is 2. The Morgan fingerprint density at radius 3 is 2.52 bits per heavy atom. The highest BCUT2D eigenvalue weighted by Gasteiger charge is 2.15. The lowest BCUT2D eigenvalue weighted by Crippen LogP contribution is -2.03. The van der Waals surface area contributed by atoms with Gasteiger partial charge in [-0.25, -0.2) is 9.97 Å². The Bertz CT molecular complexity index is 853. The normalized spacial score (nSPS) is 17.9. The standard InChI is InChI=1S/C21H20N2/c1-4-8-16(5-2)20-21(17-13-11-15(3)12-14-17)23-19-10-7-6-9-18(19)22-20/h4-11,13-15H,1-2,12H2,3H3/b16-8+. The van der Waals surface area contributed by atoms with Crippen molar-refractivity contribution in [2.45, 2.75) is 13.3 Å². The molecule has 1 aromatic carbocycles. The SMILES string of the molecule is C=C/C=C(\C=C)c1nc2ccccc2nc1C1=CCC(C)C=C1. The molecule has 1 aliphatic carbocycles. The predicted molar refractivity (Wildman–Crippen MR) is 98.8 cm³/mol.